The first-order valence-electron chi connectivity index (χ1n) is 5.09. The number of nitrogens with two attached hydrogens (primary N) is 1. The van der Waals surface area contributed by atoms with Crippen molar-refractivity contribution in [2.75, 3.05) is 5.73 Å². The molecule has 4 nitrogen and oxygen atoms in total. The fraction of sp³-hybridized carbons (Fsp3) is 0.167. The van der Waals surface area contributed by atoms with E-state index in [1.807, 2.05) is 32.0 Å². The lowest BCUT2D eigenvalue weighted by Crippen LogP contribution is -1.97. The van der Waals surface area contributed by atoms with Gasteiger partial charge in [0.05, 0.1) is 0 Å². The lowest BCUT2D eigenvalue weighted by Gasteiger charge is -2.10. The number of hydrogen-bond donors (Lipinski definition) is 1. The first kappa shape index (κ1) is 11.7. The Kier molecular flexibility index (Phi) is 3.15. The van der Waals surface area contributed by atoms with E-state index >= 15 is 0 Å². The summed E-state index contributed by atoms with van der Waals surface area (Å²) in [6.07, 6.45) is 1.32. The van der Waals surface area contributed by atoms with Gasteiger partial charge in [-0.2, -0.15) is 4.98 Å². The van der Waals surface area contributed by atoms with Crippen molar-refractivity contribution < 1.29 is 4.74 Å². The molecule has 0 saturated carbocycles. The van der Waals surface area contributed by atoms with Gasteiger partial charge in [0.1, 0.15) is 22.9 Å². The lowest BCUT2D eigenvalue weighted by atomic mass is 10.1. The third-order valence-corrected chi connectivity index (χ3v) is 2.90. The number of nitrogen functional groups attached to an aromatic ring is 1. The molecule has 0 bridgehead atoms. The smallest absolute Gasteiger partial charge is 0.243 e. The average molecular weight is 250 g/mol. The first-order chi connectivity index (χ1) is 8.09. The van der Waals surface area contributed by atoms with Gasteiger partial charge in [-0.05, 0) is 31.0 Å². The molecule has 2 N–H and O–H groups in total. The Morgan fingerprint density at radius 1 is 1.24 bits per heavy atom. The minimum absolute atomic E-state index is 0.210. The van der Waals surface area contributed by atoms with Gasteiger partial charge >= 0.3 is 0 Å². The second-order valence-corrected chi connectivity index (χ2v) is 4.06. The van der Waals surface area contributed by atoms with E-state index in [9.17, 15) is 0 Å². The molecule has 0 atom stereocenters. The van der Waals surface area contributed by atoms with Crippen LogP contribution in [0.3, 0.4) is 0 Å². The molecule has 5 heteroatoms. The summed E-state index contributed by atoms with van der Waals surface area (Å²) in [5.41, 5.74) is 7.76. The molecule has 0 saturated heterocycles. The zero-order valence-corrected chi connectivity index (χ0v) is 10.3. The fourth-order valence-corrected chi connectivity index (χ4v) is 1.51. The van der Waals surface area contributed by atoms with Crippen LogP contribution in [-0.2, 0) is 0 Å². The van der Waals surface area contributed by atoms with Gasteiger partial charge in [0, 0.05) is 0 Å². The number of rotatable bonds is 2. The molecule has 1 aromatic heterocycles. The number of halogens is 1. The first-order valence-corrected chi connectivity index (χ1v) is 5.47. The molecule has 0 aliphatic rings. The Bertz CT molecular complexity index is 508. The molecule has 0 amide bonds. The normalized spacial score (nSPS) is 10.3. The highest BCUT2D eigenvalue weighted by Crippen LogP contribution is 2.32. The summed E-state index contributed by atoms with van der Waals surface area (Å²) in [7, 11) is 0. The van der Waals surface area contributed by atoms with Gasteiger partial charge in [0.2, 0.25) is 5.88 Å². The maximum absolute atomic E-state index is 5.96. The predicted octanol–water partition coefficient (Wildman–Crippen LogP) is 3.12. The zero-order chi connectivity index (χ0) is 12.4. The summed E-state index contributed by atoms with van der Waals surface area (Å²) in [5.74, 6) is 1.19. The minimum Gasteiger partial charge on any atom is -0.437 e. The van der Waals surface area contributed by atoms with Crippen molar-refractivity contribution in [1.29, 1.82) is 0 Å². The quantitative estimate of drug-likeness (QED) is 0.888. The van der Waals surface area contributed by atoms with Crippen LogP contribution in [0.25, 0.3) is 0 Å². The van der Waals surface area contributed by atoms with Crippen molar-refractivity contribution in [1.82, 2.24) is 9.97 Å². The van der Waals surface area contributed by atoms with Gasteiger partial charge in [-0.1, -0.05) is 23.7 Å². The van der Waals surface area contributed by atoms with Crippen LogP contribution in [-0.4, -0.2) is 9.97 Å². The van der Waals surface area contributed by atoms with Gasteiger partial charge in [0.15, 0.2) is 0 Å². The van der Waals surface area contributed by atoms with Gasteiger partial charge in [-0.15, -0.1) is 0 Å². The number of ether oxygens (including phenoxy) is 1. The van der Waals surface area contributed by atoms with Crippen LogP contribution in [0.1, 0.15) is 11.1 Å². The average Bonchev–Trinajstić information content (AvgIpc) is 2.31. The Morgan fingerprint density at radius 3 is 2.76 bits per heavy atom. The summed E-state index contributed by atoms with van der Waals surface area (Å²) >= 11 is 5.96. The van der Waals surface area contributed by atoms with E-state index in [-0.39, 0.29) is 16.7 Å². The monoisotopic (exact) mass is 249 g/mol. The number of aryl methyl sites for hydroxylation is 1. The molecule has 0 aliphatic carbocycles. The highest BCUT2D eigenvalue weighted by atomic mass is 35.5. The summed E-state index contributed by atoms with van der Waals surface area (Å²) in [4.78, 5) is 7.74. The molecular formula is C12H12ClN3O. The van der Waals surface area contributed by atoms with Gasteiger partial charge < -0.3 is 10.5 Å². The third kappa shape index (κ3) is 2.31. The van der Waals surface area contributed by atoms with E-state index in [0.29, 0.717) is 5.75 Å². The molecule has 0 radical (unpaired) electrons. The molecule has 1 aromatic carbocycles. The molecule has 0 aliphatic heterocycles. The number of benzene rings is 1. The van der Waals surface area contributed by atoms with Crippen molar-refractivity contribution in [2.24, 2.45) is 0 Å². The van der Waals surface area contributed by atoms with E-state index in [1.165, 1.54) is 6.33 Å². The Labute approximate surface area is 104 Å². The van der Waals surface area contributed by atoms with Crippen molar-refractivity contribution in [2.45, 2.75) is 13.8 Å². The SMILES string of the molecule is Cc1cccc(Oc2ncnc(N)c2Cl)c1C. The summed E-state index contributed by atoms with van der Waals surface area (Å²) in [6, 6.07) is 5.78. The van der Waals surface area contributed by atoms with E-state index in [0.717, 1.165) is 11.1 Å². The largest absolute Gasteiger partial charge is 0.437 e. The number of anilines is 1. The van der Waals surface area contributed by atoms with Crippen molar-refractivity contribution in [3.63, 3.8) is 0 Å². The van der Waals surface area contributed by atoms with Crippen LogP contribution in [0.2, 0.25) is 5.02 Å². The Balaban J connectivity index is 2.38. The number of aromatic nitrogens is 2. The zero-order valence-electron chi connectivity index (χ0n) is 9.57. The highest BCUT2D eigenvalue weighted by molar-refractivity contribution is 6.34. The number of hydrogen-bond acceptors (Lipinski definition) is 4. The molecule has 88 valence electrons. The Morgan fingerprint density at radius 2 is 2.00 bits per heavy atom. The molecule has 17 heavy (non-hydrogen) atoms. The maximum Gasteiger partial charge on any atom is 0.243 e. The minimum atomic E-state index is 0.210. The summed E-state index contributed by atoms with van der Waals surface area (Å²) in [6.45, 7) is 3.99. The summed E-state index contributed by atoms with van der Waals surface area (Å²) in [5, 5.41) is 0.230. The van der Waals surface area contributed by atoms with Crippen LogP contribution in [0.15, 0.2) is 24.5 Å². The van der Waals surface area contributed by atoms with E-state index in [4.69, 9.17) is 22.1 Å². The number of nitrogens with zero attached hydrogens (tertiary/aromatic N) is 2. The van der Waals surface area contributed by atoms with E-state index in [2.05, 4.69) is 9.97 Å². The van der Waals surface area contributed by atoms with Gasteiger partial charge in [-0.25, -0.2) is 4.98 Å². The van der Waals surface area contributed by atoms with E-state index < -0.39 is 0 Å². The van der Waals surface area contributed by atoms with Gasteiger partial charge in [-0.3, -0.25) is 0 Å². The molecule has 2 aromatic rings. The van der Waals surface area contributed by atoms with Crippen LogP contribution < -0.4 is 10.5 Å². The molecular weight excluding hydrogens is 238 g/mol. The fourth-order valence-electron chi connectivity index (χ4n) is 1.38. The Hall–Kier alpha value is -1.81. The van der Waals surface area contributed by atoms with E-state index in [1.54, 1.807) is 0 Å². The third-order valence-electron chi connectivity index (χ3n) is 2.55. The van der Waals surface area contributed by atoms with Crippen molar-refractivity contribution >= 4 is 17.4 Å². The standard InChI is InChI=1S/C12H12ClN3O/c1-7-4-3-5-9(8(7)2)17-12-10(13)11(14)15-6-16-12/h3-6H,1-2H3,(H2,14,15,16). The van der Waals surface area contributed by atoms with Crippen LogP contribution in [0, 0.1) is 13.8 Å². The molecule has 0 spiro atoms. The van der Waals surface area contributed by atoms with Crippen LogP contribution in [0.5, 0.6) is 11.6 Å². The highest BCUT2D eigenvalue weighted by Gasteiger charge is 2.10. The molecule has 2 rings (SSSR count). The maximum atomic E-state index is 5.96. The van der Waals surface area contributed by atoms with Crippen molar-refractivity contribution in [3.8, 4) is 11.6 Å². The molecule has 0 unspecified atom stereocenters. The second kappa shape index (κ2) is 4.59. The van der Waals surface area contributed by atoms with Gasteiger partial charge in [0.25, 0.3) is 0 Å². The lowest BCUT2D eigenvalue weighted by molar-refractivity contribution is 0.458. The summed E-state index contributed by atoms with van der Waals surface area (Å²) < 4.78 is 5.64. The van der Waals surface area contributed by atoms with Crippen LogP contribution in [0.4, 0.5) is 5.82 Å². The van der Waals surface area contributed by atoms with Crippen LogP contribution >= 0.6 is 11.6 Å². The topological polar surface area (TPSA) is 61.0 Å². The molecule has 1 heterocycles. The van der Waals surface area contributed by atoms with Crippen molar-refractivity contribution in [3.05, 3.63) is 40.7 Å². The second-order valence-electron chi connectivity index (χ2n) is 3.68. The predicted molar refractivity (Wildman–Crippen MR) is 67.4 cm³/mol. The molecule has 0 fully saturated rings.